The van der Waals surface area contributed by atoms with Crippen molar-refractivity contribution in [3.63, 3.8) is 0 Å². The lowest BCUT2D eigenvalue weighted by Crippen LogP contribution is -2.23. The molecule has 0 fully saturated rings. The Morgan fingerprint density at radius 1 is 1.47 bits per heavy atom. The molecule has 80 valence electrons. The van der Waals surface area contributed by atoms with Crippen molar-refractivity contribution in [1.29, 1.82) is 0 Å². The van der Waals surface area contributed by atoms with Gasteiger partial charge < -0.3 is 4.98 Å². The van der Waals surface area contributed by atoms with Crippen molar-refractivity contribution in [2.24, 2.45) is 5.92 Å². The summed E-state index contributed by atoms with van der Waals surface area (Å²) in [5, 5.41) is 2.38. The standard InChI is InChI=1S/C14H19N/c1-9(2)14-11(4)15-13-8-6-10(3)5-7-12(13)14/h5,7,10,15H,4,6,8H2,1-3H3. The first-order valence-corrected chi connectivity index (χ1v) is 5.65. The van der Waals surface area contributed by atoms with Gasteiger partial charge in [0.15, 0.2) is 0 Å². The van der Waals surface area contributed by atoms with Crippen LogP contribution in [0.1, 0.15) is 38.4 Å². The van der Waals surface area contributed by atoms with Gasteiger partial charge in [-0.2, -0.15) is 0 Å². The van der Waals surface area contributed by atoms with Gasteiger partial charge in [0.05, 0.1) is 0 Å². The molecule has 1 heterocycles. The molecule has 15 heavy (non-hydrogen) atoms. The third kappa shape index (κ3) is 1.79. The van der Waals surface area contributed by atoms with Crippen LogP contribution in [0.25, 0.3) is 18.2 Å². The fourth-order valence-electron chi connectivity index (χ4n) is 2.31. The average molecular weight is 201 g/mol. The lowest BCUT2D eigenvalue weighted by molar-refractivity contribution is 0.648. The Bertz CT molecular complexity index is 498. The molecule has 1 unspecified atom stereocenters. The Kier molecular flexibility index (Phi) is 2.56. The Labute approximate surface area is 91.2 Å². The first-order valence-electron chi connectivity index (χ1n) is 5.65. The maximum atomic E-state index is 4.09. The Hall–Kier alpha value is -1.24. The van der Waals surface area contributed by atoms with Crippen molar-refractivity contribution in [2.45, 2.75) is 33.6 Å². The van der Waals surface area contributed by atoms with E-state index in [-0.39, 0.29) is 0 Å². The van der Waals surface area contributed by atoms with E-state index in [4.69, 9.17) is 0 Å². The molecular formula is C14H19N. The monoisotopic (exact) mass is 201 g/mol. The number of allylic oxidation sites excluding steroid dienone is 1. The summed E-state index contributed by atoms with van der Waals surface area (Å²) in [6.45, 7) is 10.7. The largest absolute Gasteiger partial charge is 0.358 e. The third-order valence-corrected chi connectivity index (χ3v) is 3.14. The van der Waals surface area contributed by atoms with E-state index in [9.17, 15) is 0 Å². The number of fused-ring (bicyclic) bond motifs is 1. The average Bonchev–Trinajstić information content (AvgIpc) is 2.38. The van der Waals surface area contributed by atoms with E-state index in [0.29, 0.717) is 5.92 Å². The van der Waals surface area contributed by atoms with Crippen LogP contribution in [0.5, 0.6) is 0 Å². The van der Waals surface area contributed by atoms with Crippen molar-refractivity contribution < 1.29 is 0 Å². The number of nitrogens with one attached hydrogen (secondary N) is 1. The van der Waals surface area contributed by atoms with Gasteiger partial charge in [-0.15, -0.1) is 0 Å². The zero-order valence-electron chi connectivity index (χ0n) is 9.85. The molecule has 1 heteroatoms. The van der Waals surface area contributed by atoms with E-state index in [1.807, 2.05) is 0 Å². The second-order valence-electron chi connectivity index (χ2n) is 4.75. The summed E-state index contributed by atoms with van der Waals surface area (Å²) < 4.78 is 0. The number of aromatic nitrogens is 1. The molecule has 1 N–H and O–H groups in total. The summed E-state index contributed by atoms with van der Waals surface area (Å²) in [6.07, 6.45) is 6.94. The van der Waals surface area contributed by atoms with Gasteiger partial charge in [-0.25, -0.2) is 0 Å². The Morgan fingerprint density at radius 2 is 2.20 bits per heavy atom. The second-order valence-corrected chi connectivity index (χ2v) is 4.75. The van der Waals surface area contributed by atoms with Crippen LogP contribution in [0.2, 0.25) is 0 Å². The highest BCUT2D eigenvalue weighted by Gasteiger charge is 2.11. The topological polar surface area (TPSA) is 15.8 Å². The fraction of sp³-hybridized carbons (Fsp3) is 0.429. The van der Waals surface area contributed by atoms with Gasteiger partial charge in [-0.1, -0.05) is 31.2 Å². The van der Waals surface area contributed by atoms with Gasteiger partial charge in [0.2, 0.25) is 0 Å². The van der Waals surface area contributed by atoms with Crippen LogP contribution in [0.3, 0.4) is 0 Å². The Balaban J connectivity index is 2.72. The van der Waals surface area contributed by atoms with Crippen molar-refractivity contribution in [3.8, 4) is 0 Å². The van der Waals surface area contributed by atoms with E-state index in [1.54, 1.807) is 0 Å². The quantitative estimate of drug-likeness (QED) is 0.662. The van der Waals surface area contributed by atoms with Crippen molar-refractivity contribution in [3.05, 3.63) is 27.9 Å². The van der Waals surface area contributed by atoms with E-state index in [0.717, 1.165) is 11.8 Å². The Morgan fingerprint density at radius 3 is 2.87 bits per heavy atom. The molecule has 0 aliphatic heterocycles. The van der Waals surface area contributed by atoms with Crippen LogP contribution in [0.15, 0.2) is 6.08 Å². The fourth-order valence-corrected chi connectivity index (χ4v) is 2.31. The number of hydrogen-bond acceptors (Lipinski definition) is 0. The normalized spacial score (nSPS) is 19.8. The third-order valence-electron chi connectivity index (χ3n) is 3.14. The highest BCUT2D eigenvalue weighted by atomic mass is 14.7. The molecule has 0 radical (unpaired) electrons. The van der Waals surface area contributed by atoms with Crippen LogP contribution in [-0.2, 0) is 6.42 Å². The second kappa shape index (κ2) is 3.73. The molecule has 0 saturated carbocycles. The van der Waals surface area contributed by atoms with Crippen LogP contribution in [0.4, 0.5) is 0 Å². The molecule has 0 aromatic carbocycles. The highest BCUT2D eigenvalue weighted by Crippen LogP contribution is 2.17. The smallest absolute Gasteiger partial charge is 0.0388 e. The van der Waals surface area contributed by atoms with E-state index >= 15 is 0 Å². The number of hydrogen-bond donors (Lipinski definition) is 1. The summed E-state index contributed by atoms with van der Waals surface area (Å²) in [4.78, 5) is 3.42. The minimum atomic E-state index is 0.684. The predicted molar refractivity (Wildman–Crippen MR) is 66.8 cm³/mol. The molecule has 1 aromatic heterocycles. The predicted octanol–water partition coefficient (Wildman–Crippen LogP) is 2.21. The summed E-state index contributed by atoms with van der Waals surface area (Å²) >= 11 is 0. The minimum absolute atomic E-state index is 0.684. The summed E-state index contributed by atoms with van der Waals surface area (Å²) in [6, 6.07) is 0. The summed E-state index contributed by atoms with van der Waals surface area (Å²) in [5.41, 5.74) is 4.07. The lowest BCUT2D eigenvalue weighted by atomic mass is 10.1. The highest BCUT2D eigenvalue weighted by molar-refractivity contribution is 5.59. The zero-order chi connectivity index (χ0) is 11.0. The maximum Gasteiger partial charge on any atom is 0.0388 e. The van der Waals surface area contributed by atoms with Gasteiger partial charge in [0, 0.05) is 21.8 Å². The zero-order valence-corrected chi connectivity index (χ0v) is 9.85. The van der Waals surface area contributed by atoms with Crippen molar-refractivity contribution >= 4 is 18.2 Å². The van der Waals surface area contributed by atoms with Crippen LogP contribution in [0, 0.1) is 5.92 Å². The SMILES string of the molecule is C=c1[nH]c2c(c1=C(C)C)C=CC(C)CC2. The molecule has 0 amide bonds. The number of H-pyrrole nitrogens is 1. The van der Waals surface area contributed by atoms with Crippen molar-refractivity contribution in [1.82, 2.24) is 4.98 Å². The molecule has 1 atom stereocenters. The van der Waals surface area contributed by atoms with Gasteiger partial charge in [-0.05, 0) is 32.6 Å². The summed E-state index contributed by atoms with van der Waals surface area (Å²) in [5.74, 6) is 0.684. The molecule has 1 aromatic rings. The van der Waals surface area contributed by atoms with E-state index in [2.05, 4.69) is 44.5 Å². The van der Waals surface area contributed by atoms with Gasteiger partial charge in [0.1, 0.15) is 0 Å². The number of aromatic amines is 1. The first kappa shape index (κ1) is 10.3. The van der Waals surface area contributed by atoms with E-state index in [1.165, 1.54) is 28.5 Å². The van der Waals surface area contributed by atoms with Crippen LogP contribution in [-0.4, -0.2) is 4.98 Å². The van der Waals surface area contributed by atoms with Gasteiger partial charge in [-0.3, -0.25) is 0 Å². The van der Waals surface area contributed by atoms with Crippen molar-refractivity contribution in [2.75, 3.05) is 0 Å². The van der Waals surface area contributed by atoms with Crippen LogP contribution >= 0.6 is 0 Å². The minimum Gasteiger partial charge on any atom is -0.358 e. The molecular weight excluding hydrogens is 182 g/mol. The number of aryl methyl sites for hydroxylation is 1. The van der Waals surface area contributed by atoms with Crippen LogP contribution < -0.4 is 10.6 Å². The van der Waals surface area contributed by atoms with Gasteiger partial charge in [0.25, 0.3) is 0 Å². The molecule has 0 bridgehead atoms. The molecule has 1 nitrogen and oxygen atoms in total. The maximum absolute atomic E-state index is 4.09. The first-order chi connectivity index (χ1) is 7.09. The molecule has 2 rings (SSSR count). The molecule has 1 aliphatic rings. The molecule has 1 aliphatic carbocycles. The molecule has 0 saturated heterocycles. The number of rotatable bonds is 0. The van der Waals surface area contributed by atoms with Gasteiger partial charge >= 0.3 is 0 Å². The molecule has 0 spiro atoms. The van der Waals surface area contributed by atoms with E-state index < -0.39 is 0 Å². The lowest BCUT2D eigenvalue weighted by Gasteiger charge is -2.00. The summed E-state index contributed by atoms with van der Waals surface area (Å²) in [7, 11) is 0.